The summed E-state index contributed by atoms with van der Waals surface area (Å²) in [7, 11) is 0. The Balaban J connectivity index is 0.00000192. The molecule has 0 aliphatic carbocycles. The molecule has 1 aromatic heterocycles. The lowest BCUT2D eigenvalue weighted by atomic mass is 10.1. The third-order valence-electron chi connectivity index (χ3n) is 4.10. The molecule has 1 atom stereocenters. The number of rotatable bonds is 2. The van der Waals surface area contributed by atoms with Gasteiger partial charge in [0.15, 0.2) is 0 Å². The monoisotopic (exact) mass is 351 g/mol. The van der Waals surface area contributed by atoms with Crippen molar-refractivity contribution < 1.29 is 4.79 Å². The average molecular weight is 352 g/mol. The Labute approximate surface area is 147 Å². The van der Waals surface area contributed by atoms with Crippen LogP contribution in [0.3, 0.4) is 0 Å². The number of aryl methyl sites for hydroxylation is 2. The lowest BCUT2D eigenvalue weighted by molar-refractivity contribution is 0.0650. The molecule has 3 rings (SSSR count). The summed E-state index contributed by atoms with van der Waals surface area (Å²) in [6.07, 6.45) is 0. The number of piperazine rings is 1. The van der Waals surface area contributed by atoms with Gasteiger partial charge in [-0.25, -0.2) is 4.98 Å². The number of nitrogens with zero attached hydrogens (tertiary/aromatic N) is 2. The van der Waals surface area contributed by atoms with E-state index in [1.807, 2.05) is 10.3 Å². The molecule has 1 saturated heterocycles. The molecule has 1 N–H and O–H groups in total. The highest BCUT2D eigenvalue weighted by molar-refractivity contribution is 7.13. The van der Waals surface area contributed by atoms with Crippen LogP contribution in [-0.2, 0) is 0 Å². The zero-order valence-electron chi connectivity index (χ0n) is 13.6. The van der Waals surface area contributed by atoms with E-state index >= 15 is 0 Å². The van der Waals surface area contributed by atoms with Gasteiger partial charge in [-0.2, -0.15) is 0 Å². The summed E-state index contributed by atoms with van der Waals surface area (Å²) < 4.78 is 0. The summed E-state index contributed by atoms with van der Waals surface area (Å²) in [5.41, 5.74) is 4.12. The molecule has 0 saturated carbocycles. The molecule has 2 aromatic rings. The number of amides is 1. The quantitative estimate of drug-likeness (QED) is 0.903. The molecular formula is C17H22ClN3OS. The minimum Gasteiger partial charge on any atom is -0.332 e. The van der Waals surface area contributed by atoms with Gasteiger partial charge in [-0.3, -0.25) is 4.79 Å². The first kappa shape index (κ1) is 17.9. The normalized spacial score (nSPS) is 17.7. The van der Waals surface area contributed by atoms with Crippen LogP contribution >= 0.6 is 23.7 Å². The highest BCUT2D eigenvalue weighted by Gasteiger charge is 2.25. The van der Waals surface area contributed by atoms with E-state index in [9.17, 15) is 4.79 Å². The van der Waals surface area contributed by atoms with Crippen LogP contribution in [0.5, 0.6) is 0 Å². The maximum Gasteiger partial charge on any atom is 0.273 e. The highest BCUT2D eigenvalue weighted by atomic mass is 35.5. The molecule has 23 heavy (non-hydrogen) atoms. The third-order valence-corrected chi connectivity index (χ3v) is 4.97. The number of halogens is 1. The Kier molecular flexibility index (Phi) is 5.79. The van der Waals surface area contributed by atoms with Gasteiger partial charge in [0.25, 0.3) is 5.91 Å². The number of carbonyl (C=O) groups is 1. The molecule has 1 aliphatic rings. The molecule has 1 aliphatic heterocycles. The Morgan fingerprint density at radius 1 is 1.39 bits per heavy atom. The molecule has 0 spiro atoms. The Morgan fingerprint density at radius 3 is 2.87 bits per heavy atom. The van der Waals surface area contributed by atoms with Crippen LogP contribution < -0.4 is 5.32 Å². The predicted octanol–water partition coefficient (Wildman–Crippen LogP) is 3.28. The Bertz CT molecular complexity index is 701. The largest absolute Gasteiger partial charge is 0.332 e. The van der Waals surface area contributed by atoms with Crippen molar-refractivity contribution in [1.29, 1.82) is 0 Å². The van der Waals surface area contributed by atoms with Crippen molar-refractivity contribution in [1.82, 2.24) is 15.2 Å². The fourth-order valence-corrected chi connectivity index (χ4v) is 3.72. The number of thiazole rings is 1. The van der Waals surface area contributed by atoms with Gasteiger partial charge in [-0.05, 0) is 26.3 Å². The minimum absolute atomic E-state index is 0. The number of nitrogens with one attached hydrogen (secondary N) is 1. The molecule has 124 valence electrons. The molecule has 6 heteroatoms. The van der Waals surface area contributed by atoms with Crippen molar-refractivity contribution in [3.8, 4) is 10.6 Å². The van der Waals surface area contributed by atoms with Gasteiger partial charge in [0, 0.05) is 36.6 Å². The van der Waals surface area contributed by atoms with Crippen molar-refractivity contribution in [3.63, 3.8) is 0 Å². The first-order valence-electron chi connectivity index (χ1n) is 7.61. The molecule has 0 unspecified atom stereocenters. The summed E-state index contributed by atoms with van der Waals surface area (Å²) in [5, 5.41) is 6.10. The lowest BCUT2D eigenvalue weighted by Crippen LogP contribution is -2.52. The number of hydrogen-bond acceptors (Lipinski definition) is 4. The second kappa shape index (κ2) is 7.43. The van der Waals surface area contributed by atoms with Gasteiger partial charge in [0.05, 0.1) is 0 Å². The molecule has 4 nitrogen and oxygen atoms in total. The second-order valence-electron chi connectivity index (χ2n) is 5.91. The molecule has 0 bridgehead atoms. The zero-order valence-corrected chi connectivity index (χ0v) is 15.3. The van der Waals surface area contributed by atoms with E-state index < -0.39 is 0 Å². The molecule has 1 amide bonds. The van der Waals surface area contributed by atoms with E-state index in [0.29, 0.717) is 5.69 Å². The summed E-state index contributed by atoms with van der Waals surface area (Å²) in [6, 6.07) is 6.54. The molecule has 2 heterocycles. The van der Waals surface area contributed by atoms with E-state index in [4.69, 9.17) is 0 Å². The van der Waals surface area contributed by atoms with Crippen LogP contribution in [0.1, 0.15) is 28.5 Å². The Morgan fingerprint density at radius 2 is 2.17 bits per heavy atom. The number of hydrogen-bond donors (Lipinski definition) is 1. The summed E-state index contributed by atoms with van der Waals surface area (Å²) in [4.78, 5) is 19.1. The first-order chi connectivity index (χ1) is 10.6. The van der Waals surface area contributed by atoms with Crippen LogP contribution in [-0.4, -0.2) is 41.5 Å². The van der Waals surface area contributed by atoms with Crippen LogP contribution in [0.2, 0.25) is 0 Å². The van der Waals surface area contributed by atoms with Gasteiger partial charge in [0.1, 0.15) is 10.7 Å². The number of aromatic nitrogens is 1. The maximum atomic E-state index is 12.6. The second-order valence-corrected chi connectivity index (χ2v) is 6.77. The van der Waals surface area contributed by atoms with Gasteiger partial charge in [0.2, 0.25) is 0 Å². The lowest BCUT2D eigenvalue weighted by Gasteiger charge is -2.33. The van der Waals surface area contributed by atoms with Gasteiger partial charge >= 0.3 is 0 Å². The standard InChI is InChI=1S/C17H21N3OS.ClH/c1-11-4-5-14(12(2)8-11)16-19-15(10-22-16)17(21)20-7-6-18-9-13(20)3;/h4-5,8,10,13,18H,6-7,9H2,1-3H3;1H/t13-;/m0./s1. The van der Waals surface area contributed by atoms with Crippen LogP contribution in [0, 0.1) is 13.8 Å². The van der Waals surface area contributed by atoms with Crippen molar-refractivity contribution >= 4 is 29.7 Å². The fraction of sp³-hybridized carbons (Fsp3) is 0.412. The van der Waals surface area contributed by atoms with E-state index in [0.717, 1.165) is 30.2 Å². The molecule has 1 aromatic carbocycles. The van der Waals surface area contributed by atoms with Crippen molar-refractivity contribution in [2.75, 3.05) is 19.6 Å². The Hall–Kier alpha value is -1.43. The summed E-state index contributed by atoms with van der Waals surface area (Å²) in [6.45, 7) is 8.69. The molecule has 0 radical (unpaired) electrons. The van der Waals surface area contributed by atoms with Crippen LogP contribution in [0.15, 0.2) is 23.6 Å². The third kappa shape index (κ3) is 3.74. The van der Waals surface area contributed by atoms with Crippen molar-refractivity contribution in [2.24, 2.45) is 0 Å². The zero-order chi connectivity index (χ0) is 15.7. The summed E-state index contributed by atoms with van der Waals surface area (Å²) >= 11 is 1.54. The smallest absolute Gasteiger partial charge is 0.273 e. The van der Waals surface area contributed by atoms with E-state index in [1.165, 1.54) is 11.1 Å². The van der Waals surface area contributed by atoms with Gasteiger partial charge in [-0.15, -0.1) is 23.7 Å². The molecule has 1 fully saturated rings. The van der Waals surface area contributed by atoms with Crippen LogP contribution in [0.25, 0.3) is 10.6 Å². The SMILES string of the molecule is Cc1ccc(-c2nc(C(=O)N3CCNC[C@@H]3C)cs2)c(C)c1.Cl. The topological polar surface area (TPSA) is 45.2 Å². The average Bonchev–Trinajstić information content (AvgIpc) is 2.96. The van der Waals surface area contributed by atoms with E-state index in [-0.39, 0.29) is 24.4 Å². The fourth-order valence-electron chi connectivity index (χ4n) is 2.84. The van der Waals surface area contributed by atoms with E-state index in [1.54, 1.807) is 11.3 Å². The van der Waals surface area contributed by atoms with E-state index in [2.05, 4.69) is 49.3 Å². The number of carbonyl (C=O) groups excluding carboxylic acids is 1. The van der Waals surface area contributed by atoms with Gasteiger partial charge < -0.3 is 10.2 Å². The van der Waals surface area contributed by atoms with Crippen molar-refractivity contribution in [3.05, 3.63) is 40.4 Å². The van der Waals surface area contributed by atoms with Crippen LogP contribution in [0.4, 0.5) is 0 Å². The highest BCUT2D eigenvalue weighted by Crippen LogP contribution is 2.28. The molecular weight excluding hydrogens is 330 g/mol. The van der Waals surface area contributed by atoms with Gasteiger partial charge in [-0.1, -0.05) is 23.8 Å². The number of benzene rings is 1. The summed E-state index contributed by atoms with van der Waals surface area (Å²) in [5.74, 6) is 0.0428. The van der Waals surface area contributed by atoms with Crippen molar-refractivity contribution in [2.45, 2.75) is 26.8 Å². The first-order valence-corrected chi connectivity index (χ1v) is 8.49. The predicted molar refractivity (Wildman–Crippen MR) is 97.6 cm³/mol. The maximum absolute atomic E-state index is 12.6. The minimum atomic E-state index is 0.